The van der Waals surface area contributed by atoms with E-state index in [4.69, 9.17) is 4.74 Å². The number of nitrogens with zero attached hydrogens (tertiary/aromatic N) is 4. The quantitative estimate of drug-likeness (QED) is 0.594. The van der Waals surface area contributed by atoms with Gasteiger partial charge in [-0.2, -0.15) is 4.31 Å². The first-order valence-corrected chi connectivity index (χ1v) is 11.9. The van der Waals surface area contributed by atoms with Gasteiger partial charge >= 0.3 is 0 Å². The first kappa shape index (κ1) is 22.7. The van der Waals surface area contributed by atoms with Crippen LogP contribution in [0.15, 0.2) is 65.8 Å². The van der Waals surface area contributed by atoms with E-state index in [9.17, 15) is 13.2 Å². The molecule has 0 saturated carbocycles. The van der Waals surface area contributed by atoms with Crippen LogP contribution in [0.25, 0.3) is 0 Å². The summed E-state index contributed by atoms with van der Waals surface area (Å²) in [5, 5.41) is 2.80. The van der Waals surface area contributed by atoms with Gasteiger partial charge in [0.05, 0.1) is 12.0 Å². The average molecular weight is 468 g/mol. The van der Waals surface area contributed by atoms with Crippen LogP contribution in [0.5, 0.6) is 5.75 Å². The van der Waals surface area contributed by atoms with Crippen LogP contribution in [0.2, 0.25) is 0 Å². The van der Waals surface area contributed by atoms with Gasteiger partial charge in [-0.15, -0.1) is 0 Å². The Kier molecular flexibility index (Phi) is 6.57. The Balaban J connectivity index is 1.40. The number of methoxy groups -OCH3 is 1. The SMILES string of the molecule is COc1ccc(C(=O)Nc2ccc(S(=O)(=O)N3CCN(c4ncccn4)CC3)cc2)cc1C. The molecule has 3 aromatic rings. The number of carbonyl (C=O) groups excluding carboxylic acids is 1. The summed E-state index contributed by atoms with van der Waals surface area (Å²) in [5.41, 5.74) is 1.86. The third kappa shape index (κ3) is 4.96. The Hall–Kier alpha value is -3.50. The molecule has 0 bridgehead atoms. The average Bonchev–Trinajstić information content (AvgIpc) is 2.85. The molecular formula is C23H25N5O4S. The zero-order chi connectivity index (χ0) is 23.4. The number of aryl methyl sites for hydroxylation is 1. The van der Waals surface area contributed by atoms with Crippen LogP contribution in [0, 0.1) is 6.92 Å². The van der Waals surface area contributed by atoms with E-state index in [0.29, 0.717) is 49.1 Å². The van der Waals surface area contributed by atoms with Crippen molar-refractivity contribution < 1.29 is 17.9 Å². The highest BCUT2D eigenvalue weighted by Crippen LogP contribution is 2.22. The van der Waals surface area contributed by atoms with Crippen LogP contribution >= 0.6 is 0 Å². The predicted molar refractivity (Wildman–Crippen MR) is 125 cm³/mol. The summed E-state index contributed by atoms with van der Waals surface area (Å²) in [6.07, 6.45) is 3.34. The van der Waals surface area contributed by atoms with Crippen molar-refractivity contribution in [3.05, 3.63) is 72.1 Å². The lowest BCUT2D eigenvalue weighted by atomic mass is 10.1. The van der Waals surface area contributed by atoms with Gasteiger partial charge in [0.15, 0.2) is 0 Å². The number of aromatic nitrogens is 2. The van der Waals surface area contributed by atoms with Crippen molar-refractivity contribution in [1.29, 1.82) is 0 Å². The number of carbonyl (C=O) groups is 1. The standard InChI is InChI=1S/C23H25N5O4S/c1-17-16-18(4-9-21(17)32-2)22(29)26-19-5-7-20(8-6-19)33(30,31)28-14-12-27(13-15-28)23-24-10-3-11-25-23/h3-11,16H,12-15H2,1-2H3,(H,26,29). The van der Waals surface area contributed by atoms with Crippen LogP contribution in [0.3, 0.4) is 0 Å². The van der Waals surface area contributed by atoms with Gasteiger partial charge in [0, 0.05) is 49.8 Å². The van der Waals surface area contributed by atoms with Crippen LogP contribution < -0.4 is 15.0 Å². The monoisotopic (exact) mass is 467 g/mol. The fourth-order valence-corrected chi connectivity index (χ4v) is 5.09. The predicted octanol–water partition coefficient (Wildman–Crippen LogP) is 2.56. The molecule has 0 radical (unpaired) electrons. The largest absolute Gasteiger partial charge is 0.496 e. The van der Waals surface area contributed by atoms with Gasteiger partial charge in [-0.25, -0.2) is 18.4 Å². The molecule has 1 N–H and O–H groups in total. The summed E-state index contributed by atoms with van der Waals surface area (Å²) < 4.78 is 32.8. The number of hydrogen-bond donors (Lipinski definition) is 1. The molecule has 0 atom stereocenters. The molecule has 9 nitrogen and oxygen atoms in total. The molecule has 1 amide bonds. The molecule has 1 saturated heterocycles. The Labute approximate surface area is 193 Å². The Morgan fingerprint density at radius 1 is 1.00 bits per heavy atom. The van der Waals surface area contributed by atoms with E-state index in [0.717, 1.165) is 5.56 Å². The molecule has 1 aliphatic heterocycles. The molecule has 2 heterocycles. The molecule has 0 aliphatic carbocycles. The second-order valence-corrected chi connectivity index (χ2v) is 9.54. The number of benzene rings is 2. The minimum absolute atomic E-state index is 0.185. The normalized spacial score (nSPS) is 14.7. The zero-order valence-electron chi connectivity index (χ0n) is 18.4. The highest BCUT2D eigenvalue weighted by Gasteiger charge is 2.29. The van der Waals surface area contributed by atoms with Crippen molar-refractivity contribution in [2.24, 2.45) is 0 Å². The zero-order valence-corrected chi connectivity index (χ0v) is 19.2. The second-order valence-electron chi connectivity index (χ2n) is 7.60. The Morgan fingerprint density at radius 3 is 2.27 bits per heavy atom. The van der Waals surface area contributed by atoms with Gasteiger partial charge in [0.25, 0.3) is 5.91 Å². The molecule has 1 fully saturated rings. The van der Waals surface area contributed by atoms with E-state index in [1.807, 2.05) is 11.8 Å². The fraction of sp³-hybridized carbons (Fsp3) is 0.261. The van der Waals surface area contributed by atoms with Crippen molar-refractivity contribution in [3.8, 4) is 5.75 Å². The van der Waals surface area contributed by atoms with Crippen LogP contribution in [0.4, 0.5) is 11.6 Å². The molecule has 0 spiro atoms. The van der Waals surface area contributed by atoms with Crippen molar-refractivity contribution in [2.75, 3.05) is 43.5 Å². The molecule has 1 aromatic heterocycles. The van der Waals surface area contributed by atoms with E-state index in [2.05, 4.69) is 15.3 Å². The lowest BCUT2D eigenvalue weighted by Crippen LogP contribution is -2.49. The van der Waals surface area contributed by atoms with Gasteiger partial charge in [-0.05, 0) is 61.0 Å². The minimum atomic E-state index is -3.64. The van der Waals surface area contributed by atoms with Gasteiger partial charge in [0.2, 0.25) is 16.0 Å². The third-order valence-electron chi connectivity index (χ3n) is 5.48. The number of hydrogen-bond acceptors (Lipinski definition) is 7. The van der Waals surface area contributed by atoms with Gasteiger partial charge in [0.1, 0.15) is 5.75 Å². The van der Waals surface area contributed by atoms with E-state index in [-0.39, 0.29) is 10.8 Å². The molecule has 1 aliphatic rings. The summed E-state index contributed by atoms with van der Waals surface area (Å²) in [6.45, 7) is 3.57. The number of rotatable bonds is 6. The summed E-state index contributed by atoms with van der Waals surface area (Å²) in [5.74, 6) is 1.02. The summed E-state index contributed by atoms with van der Waals surface area (Å²) in [4.78, 5) is 23.1. The maximum absolute atomic E-state index is 13.1. The van der Waals surface area contributed by atoms with Gasteiger partial charge in [-0.3, -0.25) is 4.79 Å². The third-order valence-corrected chi connectivity index (χ3v) is 7.39. The van der Waals surface area contributed by atoms with Crippen LogP contribution in [-0.4, -0.2) is 61.9 Å². The molecule has 4 rings (SSSR count). The second kappa shape index (κ2) is 9.55. The van der Waals surface area contributed by atoms with Crippen LogP contribution in [-0.2, 0) is 10.0 Å². The molecule has 33 heavy (non-hydrogen) atoms. The maximum atomic E-state index is 13.1. The molecule has 10 heteroatoms. The topological polar surface area (TPSA) is 105 Å². The first-order chi connectivity index (χ1) is 15.9. The summed E-state index contributed by atoms with van der Waals surface area (Å²) in [6, 6.07) is 13.1. The molecule has 2 aromatic carbocycles. The van der Waals surface area contributed by atoms with Crippen molar-refractivity contribution in [2.45, 2.75) is 11.8 Å². The Bertz CT molecular complexity index is 1230. The highest BCUT2D eigenvalue weighted by atomic mass is 32.2. The van der Waals surface area contributed by atoms with Crippen LogP contribution in [0.1, 0.15) is 15.9 Å². The smallest absolute Gasteiger partial charge is 0.255 e. The van der Waals surface area contributed by atoms with Crippen molar-refractivity contribution >= 4 is 27.6 Å². The molecular weight excluding hydrogens is 442 g/mol. The lowest BCUT2D eigenvalue weighted by molar-refractivity contribution is 0.102. The number of nitrogens with one attached hydrogen (secondary N) is 1. The number of piperazine rings is 1. The number of amides is 1. The van der Waals surface area contributed by atoms with Crippen molar-refractivity contribution in [3.63, 3.8) is 0 Å². The lowest BCUT2D eigenvalue weighted by Gasteiger charge is -2.33. The summed E-state index contributed by atoms with van der Waals surface area (Å²) in [7, 11) is -2.06. The van der Waals surface area contributed by atoms with E-state index >= 15 is 0 Å². The molecule has 172 valence electrons. The van der Waals surface area contributed by atoms with E-state index in [1.54, 1.807) is 55.9 Å². The maximum Gasteiger partial charge on any atom is 0.255 e. The number of anilines is 2. The van der Waals surface area contributed by atoms with Gasteiger partial charge < -0.3 is 15.0 Å². The minimum Gasteiger partial charge on any atom is -0.496 e. The van der Waals surface area contributed by atoms with E-state index in [1.165, 1.54) is 16.4 Å². The Morgan fingerprint density at radius 2 is 1.67 bits per heavy atom. The summed E-state index contributed by atoms with van der Waals surface area (Å²) >= 11 is 0. The highest BCUT2D eigenvalue weighted by molar-refractivity contribution is 7.89. The fourth-order valence-electron chi connectivity index (χ4n) is 3.67. The van der Waals surface area contributed by atoms with Gasteiger partial charge in [-0.1, -0.05) is 0 Å². The first-order valence-electron chi connectivity index (χ1n) is 10.5. The number of ether oxygens (including phenoxy) is 1. The molecule has 0 unspecified atom stereocenters. The number of sulfonamides is 1. The van der Waals surface area contributed by atoms with E-state index < -0.39 is 10.0 Å². The van der Waals surface area contributed by atoms with Crippen molar-refractivity contribution in [1.82, 2.24) is 14.3 Å².